The van der Waals surface area contributed by atoms with Crippen LogP contribution in [0.3, 0.4) is 0 Å². The molecule has 22 heavy (non-hydrogen) atoms. The molecular formula is C17H18N2O3. The highest BCUT2D eigenvalue weighted by molar-refractivity contribution is 6.00. The molecule has 0 unspecified atom stereocenters. The molecule has 0 bridgehead atoms. The minimum Gasteiger partial charge on any atom is -0.467 e. The zero-order chi connectivity index (χ0) is 15.5. The maximum absolute atomic E-state index is 12.2. The summed E-state index contributed by atoms with van der Waals surface area (Å²) in [4.78, 5) is 26.0. The van der Waals surface area contributed by atoms with Gasteiger partial charge in [0.15, 0.2) is 0 Å². The molecule has 114 valence electrons. The van der Waals surface area contributed by atoms with E-state index in [4.69, 9.17) is 4.42 Å². The van der Waals surface area contributed by atoms with Gasteiger partial charge in [-0.1, -0.05) is 17.7 Å². The van der Waals surface area contributed by atoms with Crippen LogP contribution in [0.2, 0.25) is 0 Å². The van der Waals surface area contributed by atoms with E-state index in [1.807, 2.05) is 31.2 Å². The number of rotatable bonds is 4. The first-order chi connectivity index (χ1) is 10.6. The largest absolute Gasteiger partial charge is 0.467 e. The van der Waals surface area contributed by atoms with E-state index in [-0.39, 0.29) is 24.2 Å². The number of hydrogen-bond acceptors (Lipinski definition) is 3. The van der Waals surface area contributed by atoms with Crippen LogP contribution in [0, 0.1) is 12.8 Å². The van der Waals surface area contributed by atoms with Gasteiger partial charge in [0.2, 0.25) is 11.8 Å². The Hall–Kier alpha value is -2.56. The van der Waals surface area contributed by atoms with E-state index in [9.17, 15) is 9.59 Å². The predicted octanol–water partition coefficient (Wildman–Crippen LogP) is 2.26. The van der Waals surface area contributed by atoms with Gasteiger partial charge in [0.1, 0.15) is 5.76 Å². The van der Waals surface area contributed by atoms with Crippen LogP contribution in [0.15, 0.2) is 47.1 Å². The molecule has 2 heterocycles. The van der Waals surface area contributed by atoms with Crippen LogP contribution in [0.4, 0.5) is 5.69 Å². The van der Waals surface area contributed by atoms with E-state index in [1.165, 1.54) is 0 Å². The third-order valence-electron chi connectivity index (χ3n) is 3.86. The molecule has 1 saturated heterocycles. The molecule has 1 aliphatic rings. The quantitative estimate of drug-likeness (QED) is 0.941. The van der Waals surface area contributed by atoms with Gasteiger partial charge >= 0.3 is 0 Å². The number of benzene rings is 1. The maximum atomic E-state index is 12.2. The van der Waals surface area contributed by atoms with Gasteiger partial charge in [-0.3, -0.25) is 9.59 Å². The van der Waals surface area contributed by atoms with Crippen molar-refractivity contribution < 1.29 is 14.0 Å². The van der Waals surface area contributed by atoms with Crippen LogP contribution in [0.25, 0.3) is 0 Å². The number of nitrogens with one attached hydrogen (secondary N) is 1. The first-order valence-corrected chi connectivity index (χ1v) is 7.30. The standard InChI is InChI=1S/C17H18N2O3/c1-12-4-6-14(7-5-12)19-11-13(9-16(19)20)17(21)18-10-15-3-2-8-22-15/h2-8,13H,9-11H2,1H3,(H,18,21)/t13-/m1/s1. The molecule has 0 spiro atoms. The van der Waals surface area contributed by atoms with Gasteiger partial charge in [0, 0.05) is 18.7 Å². The smallest absolute Gasteiger partial charge is 0.227 e. The van der Waals surface area contributed by atoms with E-state index in [2.05, 4.69) is 5.32 Å². The van der Waals surface area contributed by atoms with Crippen LogP contribution < -0.4 is 10.2 Å². The second-order valence-corrected chi connectivity index (χ2v) is 5.54. The topological polar surface area (TPSA) is 62.6 Å². The molecule has 1 aromatic carbocycles. The molecule has 1 fully saturated rings. The van der Waals surface area contributed by atoms with E-state index in [0.717, 1.165) is 11.3 Å². The number of aryl methyl sites for hydroxylation is 1. The molecular weight excluding hydrogens is 280 g/mol. The van der Waals surface area contributed by atoms with Crippen LogP contribution in [-0.2, 0) is 16.1 Å². The number of carbonyl (C=O) groups excluding carboxylic acids is 2. The SMILES string of the molecule is Cc1ccc(N2C[C@H](C(=O)NCc3ccco3)CC2=O)cc1. The fraction of sp³-hybridized carbons (Fsp3) is 0.294. The summed E-state index contributed by atoms with van der Waals surface area (Å²) in [5.74, 6) is 0.262. The summed E-state index contributed by atoms with van der Waals surface area (Å²) in [6.45, 7) is 2.77. The lowest BCUT2D eigenvalue weighted by Crippen LogP contribution is -2.32. The number of nitrogens with zero attached hydrogens (tertiary/aromatic N) is 1. The fourth-order valence-corrected chi connectivity index (χ4v) is 2.59. The predicted molar refractivity (Wildman–Crippen MR) is 82.2 cm³/mol. The van der Waals surface area contributed by atoms with Crippen molar-refractivity contribution >= 4 is 17.5 Å². The van der Waals surface area contributed by atoms with Crippen LogP contribution >= 0.6 is 0 Å². The van der Waals surface area contributed by atoms with Crippen molar-refractivity contribution in [3.8, 4) is 0 Å². The fourth-order valence-electron chi connectivity index (χ4n) is 2.59. The lowest BCUT2D eigenvalue weighted by atomic mass is 10.1. The van der Waals surface area contributed by atoms with E-state index >= 15 is 0 Å². The Balaban J connectivity index is 1.61. The van der Waals surface area contributed by atoms with Gasteiger partial charge in [0.05, 0.1) is 18.7 Å². The lowest BCUT2D eigenvalue weighted by Gasteiger charge is -2.16. The molecule has 2 aromatic rings. The number of anilines is 1. The number of furan rings is 1. The summed E-state index contributed by atoms with van der Waals surface area (Å²) in [6.07, 6.45) is 1.82. The Kier molecular flexibility index (Phi) is 3.96. The summed E-state index contributed by atoms with van der Waals surface area (Å²) in [5, 5.41) is 2.82. The van der Waals surface area contributed by atoms with Gasteiger partial charge < -0.3 is 14.6 Å². The maximum Gasteiger partial charge on any atom is 0.227 e. The normalized spacial score (nSPS) is 17.8. The molecule has 5 heteroatoms. The van der Waals surface area contributed by atoms with Crippen molar-refractivity contribution in [1.29, 1.82) is 0 Å². The van der Waals surface area contributed by atoms with Crippen LogP contribution in [0.5, 0.6) is 0 Å². The third kappa shape index (κ3) is 3.03. The Morgan fingerprint density at radius 1 is 1.32 bits per heavy atom. The Morgan fingerprint density at radius 3 is 2.77 bits per heavy atom. The summed E-state index contributed by atoms with van der Waals surface area (Å²) in [7, 11) is 0. The second kappa shape index (κ2) is 6.05. The highest BCUT2D eigenvalue weighted by atomic mass is 16.3. The van der Waals surface area contributed by atoms with E-state index < -0.39 is 0 Å². The average molecular weight is 298 g/mol. The van der Waals surface area contributed by atoms with Gasteiger partial charge in [-0.05, 0) is 31.2 Å². The number of amides is 2. The van der Waals surface area contributed by atoms with Gasteiger partial charge in [-0.25, -0.2) is 0 Å². The summed E-state index contributed by atoms with van der Waals surface area (Å²) < 4.78 is 5.18. The van der Waals surface area contributed by atoms with Crippen molar-refractivity contribution in [2.75, 3.05) is 11.4 Å². The molecule has 1 N–H and O–H groups in total. The van der Waals surface area contributed by atoms with Crippen LogP contribution in [-0.4, -0.2) is 18.4 Å². The molecule has 1 aliphatic heterocycles. The average Bonchev–Trinajstić information content (AvgIpc) is 3.15. The molecule has 1 aromatic heterocycles. The zero-order valence-electron chi connectivity index (χ0n) is 12.4. The Labute approximate surface area is 128 Å². The van der Waals surface area contributed by atoms with Crippen LogP contribution in [0.1, 0.15) is 17.7 Å². The van der Waals surface area contributed by atoms with Crippen molar-refractivity contribution in [2.45, 2.75) is 19.9 Å². The molecule has 0 saturated carbocycles. The highest BCUT2D eigenvalue weighted by Crippen LogP contribution is 2.25. The molecule has 2 amide bonds. The first kappa shape index (κ1) is 14.4. The van der Waals surface area contributed by atoms with E-state index in [1.54, 1.807) is 23.3 Å². The monoisotopic (exact) mass is 298 g/mol. The molecule has 3 rings (SSSR count). The summed E-state index contributed by atoms with van der Waals surface area (Å²) in [6, 6.07) is 11.3. The molecule has 0 radical (unpaired) electrons. The van der Waals surface area contributed by atoms with Crippen molar-refractivity contribution in [3.05, 3.63) is 54.0 Å². The molecule has 0 aliphatic carbocycles. The van der Waals surface area contributed by atoms with E-state index in [0.29, 0.717) is 18.8 Å². The minimum atomic E-state index is -0.316. The highest BCUT2D eigenvalue weighted by Gasteiger charge is 2.34. The van der Waals surface area contributed by atoms with Gasteiger partial charge in [0.25, 0.3) is 0 Å². The Morgan fingerprint density at radius 2 is 2.09 bits per heavy atom. The van der Waals surface area contributed by atoms with Gasteiger partial charge in [-0.2, -0.15) is 0 Å². The second-order valence-electron chi connectivity index (χ2n) is 5.54. The van der Waals surface area contributed by atoms with Crippen molar-refractivity contribution in [2.24, 2.45) is 5.92 Å². The van der Waals surface area contributed by atoms with Crippen molar-refractivity contribution in [3.63, 3.8) is 0 Å². The van der Waals surface area contributed by atoms with Crippen molar-refractivity contribution in [1.82, 2.24) is 5.32 Å². The molecule has 5 nitrogen and oxygen atoms in total. The first-order valence-electron chi connectivity index (χ1n) is 7.30. The summed E-state index contributed by atoms with van der Waals surface area (Å²) in [5.41, 5.74) is 1.99. The zero-order valence-corrected chi connectivity index (χ0v) is 12.4. The third-order valence-corrected chi connectivity index (χ3v) is 3.86. The number of carbonyl (C=O) groups is 2. The number of hydrogen-bond donors (Lipinski definition) is 1. The summed E-state index contributed by atoms with van der Waals surface area (Å²) >= 11 is 0. The van der Waals surface area contributed by atoms with Gasteiger partial charge in [-0.15, -0.1) is 0 Å². The Bertz CT molecular complexity index is 662. The molecule has 1 atom stereocenters. The lowest BCUT2D eigenvalue weighted by molar-refractivity contribution is -0.126. The minimum absolute atomic E-state index is 0.0120.